The molecular formula is C21H21N3O2. The van der Waals surface area contributed by atoms with Gasteiger partial charge in [-0.3, -0.25) is 4.79 Å². The summed E-state index contributed by atoms with van der Waals surface area (Å²) in [5, 5.41) is 0. The SMILES string of the molecule is COc1cccc(CN(C(=O)c2ccccc2-c2ncc[nH]2)C2CC2)c1. The first-order valence-corrected chi connectivity index (χ1v) is 8.79. The number of nitrogens with one attached hydrogen (secondary N) is 1. The molecule has 3 aromatic rings. The van der Waals surface area contributed by atoms with Crippen molar-refractivity contribution in [2.45, 2.75) is 25.4 Å². The Hall–Kier alpha value is -3.08. The fourth-order valence-corrected chi connectivity index (χ4v) is 3.16. The summed E-state index contributed by atoms with van der Waals surface area (Å²) in [6, 6.07) is 15.8. The molecule has 132 valence electrons. The zero-order valence-electron chi connectivity index (χ0n) is 14.7. The van der Waals surface area contributed by atoms with Crippen molar-refractivity contribution in [2.24, 2.45) is 0 Å². The minimum Gasteiger partial charge on any atom is -0.497 e. The Balaban J connectivity index is 1.65. The summed E-state index contributed by atoms with van der Waals surface area (Å²) in [6.07, 6.45) is 5.58. The van der Waals surface area contributed by atoms with Crippen LogP contribution in [0.4, 0.5) is 0 Å². The van der Waals surface area contributed by atoms with Crippen molar-refractivity contribution >= 4 is 5.91 Å². The molecule has 26 heavy (non-hydrogen) atoms. The largest absolute Gasteiger partial charge is 0.497 e. The molecule has 5 nitrogen and oxygen atoms in total. The molecule has 1 N–H and O–H groups in total. The Labute approximate surface area is 152 Å². The van der Waals surface area contributed by atoms with Gasteiger partial charge in [-0.15, -0.1) is 0 Å². The van der Waals surface area contributed by atoms with E-state index in [1.54, 1.807) is 19.5 Å². The van der Waals surface area contributed by atoms with Crippen LogP contribution < -0.4 is 4.74 Å². The molecule has 1 heterocycles. The molecular weight excluding hydrogens is 326 g/mol. The van der Waals surface area contributed by atoms with Gasteiger partial charge < -0.3 is 14.6 Å². The first kappa shape index (κ1) is 16.4. The molecule has 0 spiro atoms. The van der Waals surface area contributed by atoms with E-state index < -0.39 is 0 Å². The van der Waals surface area contributed by atoms with Gasteiger partial charge in [0.05, 0.1) is 12.7 Å². The first-order valence-electron chi connectivity index (χ1n) is 8.79. The van der Waals surface area contributed by atoms with Crippen molar-refractivity contribution in [2.75, 3.05) is 7.11 Å². The number of rotatable bonds is 6. The normalized spacial score (nSPS) is 13.4. The maximum absolute atomic E-state index is 13.4. The van der Waals surface area contributed by atoms with Gasteiger partial charge in [0, 0.05) is 30.5 Å². The summed E-state index contributed by atoms with van der Waals surface area (Å²) in [5.41, 5.74) is 2.58. The Bertz CT molecular complexity index is 901. The second kappa shape index (κ2) is 7.04. The van der Waals surface area contributed by atoms with E-state index in [0.29, 0.717) is 24.0 Å². The average molecular weight is 347 g/mol. The lowest BCUT2D eigenvalue weighted by Crippen LogP contribution is -2.33. The van der Waals surface area contributed by atoms with Crippen molar-refractivity contribution in [1.29, 1.82) is 0 Å². The van der Waals surface area contributed by atoms with Crippen molar-refractivity contribution in [3.63, 3.8) is 0 Å². The van der Waals surface area contributed by atoms with Gasteiger partial charge in [-0.1, -0.05) is 30.3 Å². The zero-order chi connectivity index (χ0) is 17.9. The first-order chi connectivity index (χ1) is 12.8. The minimum absolute atomic E-state index is 0.0438. The number of imidazole rings is 1. The standard InChI is InChI=1S/C21H21N3O2/c1-26-17-6-4-5-15(13-17)14-24(16-9-10-16)21(25)19-8-3-2-7-18(19)20-22-11-12-23-20/h2-8,11-13,16H,9-10,14H2,1H3,(H,22,23). The number of hydrogen-bond donors (Lipinski definition) is 1. The molecule has 0 aliphatic heterocycles. The van der Waals surface area contributed by atoms with E-state index in [1.807, 2.05) is 53.4 Å². The van der Waals surface area contributed by atoms with E-state index in [0.717, 1.165) is 29.7 Å². The van der Waals surface area contributed by atoms with E-state index >= 15 is 0 Å². The number of aromatic nitrogens is 2. The highest BCUT2D eigenvalue weighted by atomic mass is 16.5. The van der Waals surface area contributed by atoms with E-state index in [1.165, 1.54) is 0 Å². The van der Waals surface area contributed by atoms with Crippen LogP contribution in [0.2, 0.25) is 0 Å². The number of methoxy groups -OCH3 is 1. The maximum atomic E-state index is 13.4. The predicted octanol–water partition coefficient (Wildman–Crippen LogP) is 3.89. The number of benzene rings is 2. The minimum atomic E-state index is 0.0438. The Morgan fingerprint density at radius 3 is 2.81 bits per heavy atom. The fraction of sp³-hybridized carbons (Fsp3) is 0.238. The molecule has 0 radical (unpaired) electrons. The summed E-state index contributed by atoms with van der Waals surface area (Å²) in [7, 11) is 1.66. The van der Waals surface area contributed by atoms with Crippen LogP contribution in [0.1, 0.15) is 28.8 Å². The molecule has 1 amide bonds. The zero-order valence-corrected chi connectivity index (χ0v) is 14.7. The summed E-state index contributed by atoms with van der Waals surface area (Å²) in [6.45, 7) is 0.577. The van der Waals surface area contributed by atoms with E-state index in [-0.39, 0.29) is 5.91 Å². The third-order valence-corrected chi connectivity index (χ3v) is 4.65. The Kier molecular flexibility index (Phi) is 4.44. The van der Waals surface area contributed by atoms with E-state index in [2.05, 4.69) is 9.97 Å². The van der Waals surface area contributed by atoms with E-state index in [4.69, 9.17) is 4.74 Å². The fourth-order valence-electron chi connectivity index (χ4n) is 3.16. The van der Waals surface area contributed by atoms with Gasteiger partial charge >= 0.3 is 0 Å². The van der Waals surface area contributed by atoms with Crippen LogP contribution in [0.25, 0.3) is 11.4 Å². The summed E-state index contributed by atoms with van der Waals surface area (Å²) < 4.78 is 5.31. The van der Waals surface area contributed by atoms with Gasteiger partial charge in [-0.25, -0.2) is 4.98 Å². The van der Waals surface area contributed by atoms with Gasteiger partial charge in [0.1, 0.15) is 11.6 Å². The third kappa shape index (κ3) is 3.33. The predicted molar refractivity (Wildman–Crippen MR) is 99.9 cm³/mol. The van der Waals surface area contributed by atoms with Crippen LogP contribution in [-0.4, -0.2) is 33.9 Å². The number of carbonyl (C=O) groups is 1. The molecule has 1 aliphatic carbocycles. The van der Waals surface area contributed by atoms with Gasteiger partial charge in [-0.05, 0) is 36.6 Å². The molecule has 0 bridgehead atoms. The number of carbonyl (C=O) groups excluding carboxylic acids is 1. The number of nitrogens with zero attached hydrogens (tertiary/aromatic N) is 2. The lowest BCUT2D eigenvalue weighted by Gasteiger charge is -2.24. The monoisotopic (exact) mass is 347 g/mol. The van der Waals surface area contributed by atoms with Gasteiger partial charge in [0.2, 0.25) is 0 Å². The van der Waals surface area contributed by atoms with Crippen LogP contribution in [0.15, 0.2) is 60.9 Å². The summed E-state index contributed by atoms with van der Waals surface area (Å²) >= 11 is 0. The van der Waals surface area contributed by atoms with Gasteiger partial charge in [0.25, 0.3) is 5.91 Å². The van der Waals surface area contributed by atoms with Crippen LogP contribution >= 0.6 is 0 Å². The molecule has 0 unspecified atom stereocenters. The molecule has 4 rings (SSSR count). The smallest absolute Gasteiger partial charge is 0.255 e. The van der Waals surface area contributed by atoms with Gasteiger partial charge in [-0.2, -0.15) is 0 Å². The maximum Gasteiger partial charge on any atom is 0.255 e. The number of ether oxygens (including phenoxy) is 1. The highest BCUT2D eigenvalue weighted by molar-refractivity contribution is 6.00. The van der Waals surface area contributed by atoms with Crippen molar-refractivity contribution in [3.05, 3.63) is 72.1 Å². The molecule has 1 aromatic heterocycles. The number of aromatic amines is 1. The Morgan fingerprint density at radius 1 is 1.23 bits per heavy atom. The summed E-state index contributed by atoms with van der Waals surface area (Å²) in [5.74, 6) is 1.56. The highest BCUT2D eigenvalue weighted by Crippen LogP contribution is 2.32. The molecule has 0 saturated heterocycles. The van der Waals surface area contributed by atoms with Crippen LogP contribution in [0.3, 0.4) is 0 Å². The molecule has 1 saturated carbocycles. The summed E-state index contributed by atoms with van der Waals surface area (Å²) in [4.78, 5) is 22.7. The number of amides is 1. The lowest BCUT2D eigenvalue weighted by molar-refractivity contribution is 0.0730. The molecule has 1 fully saturated rings. The van der Waals surface area contributed by atoms with E-state index in [9.17, 15) is 4.79 Å². The van der Waals surface area contributed by atoms with Crippen LogP contribution in [0.5, 0.6) is 5.75 Å². The van der Waals surface area contributed by atoms with Crippen molar-refractivity contribution in [1.82, 2.24) is 14.9 Å². The highest BCUT2D eigenvalue weighted by Gasteiger charge is 2.34. The lowest BCUT2D eigenvalue weighted by atomic mass is 10.0. The van der Waals surface area contributed by atoms with Crippen molar-refractivity contribution < 1.29 is 9.53 Å². The third-order valence-electron chi connectivity index (χ3n) is 4.65. The molecule has 5 heteroatoms. The average Bonchev–Trinajstić information content (AvgIpc) is 3.38. The second-order valence-electron chi connectivity index (χ2n) is 6.50. The number of hydrogen-bond acceptors (Lipinski definition) is 3. The van der Waals surface area contributed by atoms with Crippen LogP contribution in [0, 0.1) is 0 Å². The topological polar surface area (TPSA) is 58.2 Å². The molecule has 2 aromatic carbocycles. The van der Waals surface area contributed by atoms with Crippen molar-refractivity contribution in [3.8, 4) is 17.1 Å². The quantitative estimate of drug-likeness (QED) is 0.736. The number of H-pyrrole nitrogens is 1. The van der Waals surface area contributed by atoms with Crippen LogP contribution in [-0.2, 0) is 6.54 Å². The molecule has 0 atom stereocenters. The van der Waals surface area contributed by atoms with Gasteiger partial charge in [0.15, 0.2) is 0 Å². The Morgan fingerprint density at radius 2 is 2.08 bits per heavy atom. The molecule has 1 aliphatic rings. The second-order valence-corrected chi connectivity index (χ2v) is 6.50.